The van der Waals surface area contributed by atoms with Crippen molar-refractivity contribution in [2.75, 3.05) is 27.3 Å². The number of rotatable bonds is 7. The molecule has 2 aromatic rings. The molecule has 0 unspecified atom stereocenters. The lowest BCUT2D eigenvalue weighted by Crippen LogP contribution is -2.34. The Morgan fingerprint density at radius 3 is 2.58 bits per heavy atom. The molecule has 31 heavy (non-hydrogen) atoms. The second-order valence-corrected chi connectivity index (χ2v) is 7.72. The number of methoxy groups -OCH3 is 2. The van der Waals surface area contributed by atoms with E-state index in [1.807, 2.05) is 16.8 Å². The molecule has 0 radical (unpaired) electrons. The van der Waals surface area contributed by atoms with Gasteiger partial charge in [-0.05, 0) is 22.4 Å². The Morgan fingerprint density at radius 2 is 1.90 bits per heavy atom. The molecule has 9 nitrogen and oxygen atoms in total. The van der Waals surface area contributed by atoms with Gasteiger partial charge in [-0.2, -0.15) is 11.3 Å². The summed E-state index contributed by atoms with van der Waals surface area (Å²) in [6.07, 6.45) is 0.294. The maximum atomic E-state index is 12.8. The highest BCUT2D eigenvalue weighted by atomic mass is 32.1. The Labute approximate surface area is 183 Å². The molecule has 0 saturated heterocycles. The zero-order valence-electron chi connectivity index (χ0n) is 17.4. The van der Waals surface area contributed by atoms with Crippen molar-refractivity contribution in [3.8, 4) is 5.75 Å². The molecular weight excluding hydrogens is 424 g/mol. The number of ether oxygens (including phenoxy) is 3. The molecule has 0 bridgehead atoms. The fraction of sp³-hybridized carbons (Fsp3) is 0.429. The summed E-state index contributed by atoms with van der Waals surface area (Å²) in [4.78, 5) is 50.7. The lowest BCUT2D eigenvalue weighted by Gasteiger charge is -2.19. The molecule has 2 aromatic heterocycles. The Morgan fingerprint density at radius 1 is 1.10 bits per heavy atom. The minimum Gasteiger partial charge on any atom is -0.488 e. The fourth-order valence-corrected chi connectivity index (χ4v) is 4.09. The largest absolute Gasteiger partial charge is 0.488 e. The van der Waals surface area contributed by atoms with Gasteiger partial charge in [0.2, 0.25) is 5.91 Å². The number of aromatic nitrogens is 1. The maximum Gasteiger partial charge on any atom is 0.343 e. The number of nitrogens with zero attached hydrogens (tertiary/aromatic N) is 2. The van der Waals surface area contributed by atoms with Crippen LogP contribution in [-0.4, -0.2) is 54.6 Å². The highest BCUT2D eigenvalue weighted by molar-refractivity contribution is 7.07. The number of thiophene rings is 1. The molecule has 166 valence electrons. The van der Waals surface area contributed by atoms with E-state index in [9.17, 15) is 19.2 Å². The predicted molar refractivity (Wildman–Crippen MR) is 112 cm³/mol. The molecule has 1 aliphatic heterocycles. The van der Waals surface area contributed by atoms with Crippen LogP contribution < -0.4 is 10.3 Å². The summed E-state index contributed by atoms with van der Waals surface area (Å²) >= 11 is 1.52. The Bertz CT molecular complexity index is 1010. The highest BCUT2D eigenvalue weighted by Gasteiger charge is 2.27. The lowest BCUT2D eigenvalue weighted by atomic mass is 10.1. The third-order valence-electron chi connectivity index (χ3n) is 5.08. The highest BCUT2D eigenvalue weighted by Crippen LogP contribution is 2.25. The monoisotopic (exact) mass is 448 g/mol. The van der Waals surface area contributed by atoms with Gasteiger partial charge in [-0.3, -0.25) is 14.4 Å². The van der Waals surface area contributed by atoms with Crippen molar-refractivity contribution in [1.82, 2.24) is 9.47 Å². The Hall–Kier alpha value is -3.14. The Kier molecular flexibility index (Phi) is 7.45. The van der Waals surface area contributed by atoms with E-state index in [-0.39, 0.29) is 55.2 Å². The average Bonchev–Trinajstić information content (AvgIpc) is 3.20. The van der Waals surface area contributed by atoms with E-state index >= 15 is 0 Å². The summed E-state index contributed by atoms with van der Waals surface area (Å²) in [5.41, 5.74) is 1.29. The van der Waals surface area contributed by atoms with Gasteiger partial charge in [0.25, 0.3) is 5.56 Å². The molecule has 0 spiro atoms. The number of hydrogen-bond donors (Lipinski definition) is 0. The van der Waals surface area contributed by atoms with Crippen LogP contribution in [0.15, 0.2) is 27.7 Å². The van der Waals surface area contributed by atoms with Crippen LogP contribution in [0.4, 0.5) is 0 Å². The van der Waals surface area contributed by atoms with Crippen LogP contribution >= 0.6 is 11.3 Å². The van der Waals surface area contributed by atoms with Crippen molar-refractivity contribution in [2.45, 2.75) is 32.4 Å². The van der Waals surface area contributed by atoms with Crippen LogP contribution in [0.25, 0.3) is 0 Å². The van der Waals surface area contributed by atoms with Gasteiger partial charge in [0.05, 0.1) is 20.6 Å². The maximum absolute atomic E-state index is 12.8. The zero-order valence-corrected chi connectivity index (χ0v) is 18.2. The molecule has 0 aromatic carbocycles. The van der Waals surface area contributed by atoms with Gasteiger partial charge in [0.1, 0.15) is 17.9 Å². The first-order valence-corrected chi connectivity index (χ1v) is 10.7. The first-order valence-electron chi connectivity index (χ1n) is 9.78. The number of carbonyl (C=O) groups excluding carboxylic acids is 3. The number of esters is 2. The third-order valence-corrected chi connectivity index (χ3v) is 5.81. The lowest BCUT2D eigenvalue weighted by molar-refractivity contribution is -0.143. The van der Waals surface area contributed by atoms with E-state index < -0.39 is 11.9 Å². The predicted octanol–water partition coefficient (Wildman–Crippen LogP) is 1.61. The summed E-state index contributed by atoms with van der Waals surface area (Å²) in [6.45, 7) is 1.04. The molecule has 0 aliphatic carbocycles. The third kappa shape index (κ3) is 5.32. The first kappa shape index (κ1) is 22.5. The van der Waals surface area contributed by atoms with Crippen molar-refractivity contribution in [2.24, 2.45) is 0 Å². The van der Waals surface area contributed by atoms with E-state index in [0.717, 1.165) is 5.56 Å². The minimum atomic E-state index is -0.602. The van der Waals surface area contributed by atoms with Crippen LogP contribution in [0.5, 0.6) is 5.75 Å². The normalized spacial score (nSPS) is 13.2. The standard InChI is InChI=1S/C21H24N2O7S/c1-28-19(26)4-3-17(24)22-7-5-15-20(21(27)29-2)16(11-18(25)23(15)9-8-22)30-12-14-6-10-31-13-14/h6,10-11,13H,3-5,7-9,12H2,1-2H3. The topological polar surface area (TPSA) is 104 Å². The van der Waals surface area contributed by atoms with E-state index in [4.69, 9.17) is 9.47 Å². The molecule has 0 atom stereocenters. The number of amides is 1. The fourth-order valence-electron chi connectivity index (χ4n) is 3.44. The van der Waals surface area contributed by atoms with Crippen molar-refractivity contribution in [1.29, 1.82) is 0 Å². The quantitative estimate of drug-likeness (QED) is 0.593. The van der Waals surface area contributed by atoms with Crippen LogP contribution in [0.2, 0.25) is 0 Å². The summed E-state index contributed by atoms with van der Waals surface area (Å²) in [5.74, 6) is -1.10. The molecule has 1 aliphatic rings. The number of carbonyl (C=O) groups is 3. The van der Waals surface area contributed by atoms with Gasteiger partial charge >= 0.3 is 11.9 Å². The van der Waals surface area contributed by atoms with Crippen LogP contribution in [0, 0.1) is 0 Å². The molecular formula is C21H24N2O7S. The second-order valence-electron chi connectivity index (χ2n) is 6.94. The summed E-state index contributed by atoms with van der Waals surface area (Å²) in [5, 5.41) is 3.84. The average molecular weight is 448 g/mol. The van der Waals surface area contributed by atoms with Crippen molar-refractivity contribution in [3.05, 3.63) is 50.1 Å². The van der Waals surface area contributed by atoms with Crippen molar-refractivity contribution >= 4 is 29.2 Å². The van der Waals surface area contributed by atoms with Crippen LogP contribution in [0.3, 0.4) is 0 Å². The molecule has 0 N–H and O–H groups in total. The van der Waals surface area contributed by atoms with E-state index in [0.29, 0.717) is 18.8 Å². The summed E-state index contributed by atoms with van der Waals surface area (Å²) in [7, 11) is 2.54. The van der Waals surface area contributed by atoms with Gasteiger partial charge in [-0.1, -0.05) is 0 Å². The smallest absolute Gasteiger partial charge is 0.343 e. The second kappa shape index (κ2) is 10.3. The van der Waals surface area contributed by atoms with E-state index in [2.05, 4.69) is 4.74 Å². The van der Waals surface area contributed by atoms with Crippen molar-refractivity contribution < 1.29 is 28.6 Å². The van der Waals surface area contributed by atoms with Gasteiger partial charge in [0, 0.05) is 44.2 Å². The first-order chi connectivity index (χ1) is 14.9. The number of pyridine rings is 1. The number of fused-ring (bicyclic) bond motifs is 1. The molecule has 0 fully saturated rings. The molecule has 1 amide bonds. The van der Waals surface area contributed by atoms with Crippen LogP contribution in [0.1, 0.15) is 34.5 Å². The minimum absolute atomic E-state index is 0.00723. The molecule has 0 saturated carbocycles. The molecule has 3 rings (SSSR count). The molecule has 10 heteroatoms. The van der Waals surface area contributed by atoms with Gasteiger partial charge in [-0.25, -0.2) is 4.79 Å². The van der Waals surface area contributed by atoms with E-state index in [1.54, 1.807) is 4.90 Å². The zero-order chi connectivity index (χ0) is 22.4. The molecule has 3 heterocycles. The Balaban J connectivity index is 1.85. The summed E-state index contributed by atoms with van der Waals surface area (Å²) in [6, 6.07) is 3.19. The summed E-state index contributed by atoms with van der Waals surface area (Å²) < 4.78 is 16.8. The van der Waals surface area contributed by atoms with Gasteiger partial charge in [-0.15, -0.1) is 0 Å². The van der Waals surface area contributed by atoms with Gasteiger partial charge in [0.15, 0.2) is 0 Å². The van der Waals surface area contributed by atoms with Crippen molar-refractivity contribution in [3.63, 3.8) is 0 Å². The SMILES string of the molecule is COC(=O)CCC(=O)N1CCc2c(C(=O)OC)c(OCc3ccsc3)cc(=O)n2CC1. The van der Waals surface area contributed by atoms with Gasteiger partial charge < -0.3 is 23.7 Å². The van der Waals surface area contributed by atoms with Crippen LogP contribution in [-0.2, 0) is 38.6 Å². The van der Waals surface area contributed by atoms with E-state index in [1.165, 1.54) is 36.2 Å². The number of hydrogen-bond acceptors (Lipinski definition) is 8.